The average molecular weight is 297 g/mol. The summed E-state index contributed by atoms with van der Waals surface area (Å²) in [5.74, 6) is -0.755. The molecule has 1 aromatic rings. The minimum Gasteiger partial charge on any atom is -0.481 e. The SMILES string of the molecule is CCC(CCNC(=O)c1cn(CCN)nn1)CCC(=O)O. The third kappa shape index (κ3) is 6.35. The lowest BCUT2D eigenvalue weighted by molar-refractivity contribution is -0.137. The van der Waals surface area contributed by atoms with E-state index >= 15 is 0 Å². The molecule has 0 aliphatic carbocycles. The van der Waals surface area contributed by atoms with E-state index in [1.54, 1.807) is 6.20 Å². The summed E-state index contributed by atoms with van der Waals surface area (Å²) in [5, 5.41) is 19.0. The zero-order chi connectivity index (χ0) is 15.7. The Hall–Kier alpha value is -1.96. The van der Waals surface area contributed by atoms with E-state index in [9.17, 15) is 9.59 Å². The maximum absolute atomic E-state index is 11.8. The lowest BCUT2D eigenvalue weighted by Gasteiger charge is -2.13. The van der Waals surface area contributed by atoms with Crippen molar-refractivity contribution in [3.8, 4) is 0 Å². The van der Waals surface area contributed by atoms with Crippen LogP contribution in [0.4, 0.5) is 0 Å². The molecule has 1 amide bonds. The van der Waals surface area contributed by atoms with Crippen LogP contribution in [-0.4, -0.2) is 45.1 Å². The molecule has 1 rings (SSSR count). The summed E-state index contributed by atoms with van der Waals surface area (Å²) in [6.45, 7) is 3.48. The second-order valence-electron chi connectivity index (χ2n) is 4.91. The molecule has 8 nitrogen and oxygen atoms in total. The van der Waals surface area contributed by atoms with Gasteiger partial charge in [-0.05, 0) is 18.8 Å². The Labute approximate surface area is 123 Å². The number of carboxylic acid groups (broad SMARTS) is 1. The summed E-state index contributed by atoms with van der Waals surface area (Å²) in [7, 11) is 0. The van der Waals surface area contributed by atoms with Crippen LogP contribution in [0.2, 0.25) is 0 Å². The first-order valence-corrected chi connectivity index (χ1v) is 7.17. The summed E-state index contributed by atoms with van der Waals surface area (Å²) in [6.07, 6.45) is 4.01. The van der Waals surface area contributed by atoms with E-state index in [4.69, 9.17) is 10.8 Å². The highest BCUT2D eigenvalue weighted by Crippen LogP contribution is 2.14. The fourth-order valence-electron chi connectivity index (χ4n) is 2.00. The molecular weight excluding hydrogens is 274 g/mol. The van der Waals surface area contributed by atoms with Gasteiger partial charge >= 0.3 is 5.97 Å². The van der Waals surface area contributed by atoms with Crippen molar-refractivity contribution < 1.29 is 14.7 Å². The van der Waals surface area contributed by atoms with Crippen molar-refractivity contribution in [3.05, 3.63) is 11.9 Å². The van der Waals surface area contributed by atoms with Crippen LogP contribution in [0.15, 0.2) is 6.20 Å². The Balaban J connectivity index is 2.32. The molecule has 21 heavy (non-hydrogen) atoms. The van der Waals surface area contributed by atoms with Gasteiger partial charge in [0.1, 0.15) is 0 Å². The van der Waals surface area contributed by atoms with E-state index in [0.717, 1.165) is 12.8 Å². The molecule has 0 saturated carbocycles. The number of nitrogens with one attached hydrogen (secondary N) is 1. The summed E-state index contributed by atoms with van der Waals surface area (Å²) in [4.78, 5) is 22.4. The Bertz CT molecular complexity index is 460. The minimum absolute atomic E-state index is 0.167. The zero-order valence-corrected chi connectivity index (χ0v) is 12.3. The molecule has 0 aromatic carbocycles. The van der Waals surface area contributed by atoms with Crippen molar-refractivity contribution >= 4 is 11.9 Å². The monoisotopic (exact) mass is 297 g/mol. The molecule has 1 aromatic heterocycles. The molecule has 0 aliphatic heterocycles. The van der Waals surface area contributed by atoms with Crippen molar-refractivity contribution in [3.63, 3.8) is 0 Å². The lowest BCUT2D eigenvalue weighted by Crippen LogP contribution is -2.26. The molecule has 1 unspecified atom stereocenters. The minimum atomic E-state index is -0.783. The number of aliphatic carboxylic acids is 1. The molecule has 0 radical (unpaired) electrons. The average Bonchev–Trinajstić information content (AvgIpc) is 2.91. The Morgan fingerprint density at radius 2 is 2.24 bits per heavy atom. The van der Waals surface area contributed by atoms with E-state index in [1.807, 2.05) is 6.92 Å². The molecule has 8 heteroatoms. The smallest absolute Gasteiger partial charge is 0.303 e. The van der Waals surface area contributed by atoms with Crippen molar-refractivity contribution in [1.82, 2.24) is 20.3 Å². The van der Waals surface area contributed by atoms with Gasteiger partial charge in [0.05, 0.1) is 12.7 Å². The summed E-state index contributed by atoms with van der Waals surface area (Å²) < 4.78 is 1.52. The number of carbonyl (C=O) groups is 2. The topological polar surface area (TPSA) is 123 Å². The highest BCUT2D eigenvalue weighted by atomic mass is 16.4. The van der Waals surface area contributed by atoms with Gasteiger partial charge in [0.2, 0.25) is 0 Å². The molecule has 0 spiro atoms. The molecule has 0 aliphatic rings. The fraction of sp³-hybridized carbons (Fsp3) is 0.692. The number of carbonyl (C=O) groups excluding carboxylic acids is 1. The van der Waals surface area contributed by atoms with Gasteiger partial charge < -0.3 is 16.2 Å². The van der Waals surface area contributed by atoms with E-state index in [0.29, 0.717) is 32.0 Å². The summed E-state index contributed by atoms with van der Waals surface area (Å²) in [6, 6.07) is 0. The van der Waals surface area contributed by atoms with Crippen LogP contribution in [0, 0.1) is 5.92 Å². The number of hydrogen-bond acceptors (Lipinski definition) is 5. The normalized spacial score (nSPS) is 12.1. The molecule has 0 saturated heterocycles. The second kappa shape index (κ2) is 9.06. The van der Waals surface area contributed by atoms with Crippen molar-refractivity contribution in [2.24, 2.45) is 11.7 Å². The highest BCUT2D eigenvalue weighted by Gasteiger charge is 2.12. The first kappa shape index (κ1) is 17.1. The molecule has 1 atom stereocenters. The molecule has 1 heterocycles. The largest absolute Gasteiger partial charge is 0.481 e. The maximum atomic E-state index is 11.8. The van der Waals surface area contributed by atoms with Crippen LogP contribution in [0.3, 0.4) is 0 Å². The number of nitrogens with two attached hydrogens (primary N) is 1. The third-order valence-electron chi connectivity index (χ3n) is 3.31. The Kier molecular flexibility index (Phi) is 7.38. The maximum Gasteiger partial charge on any atom is 0.303 e. The molecule has 4 N–H and O–H groups in total. The van der Waals surface area contributed by atoms with Gasteiger partial charge in [0.25, 0.3) is 5.91 Å². The Morgan fingerprint density at radius 3 is 2.86 bits per heavy atom. The predicted molar refractivity (Wildman–Crippen MR) is 76.7 cm³/mol. The highest BCUT2D eigenvalue weighted by molar-refractivity contribution is 5.91. The van der Waals surface area contributed by atoms with Gasteiger partial charge in [-0.25, -0.2) is 0 Å². The fourth-order valence-corrected chi connectivity index (χ4v) is 2.00. The predicted octanol–water partition coefficient (Wildman–Crippen LogP) is 0.248. The van der Waals surface area contributed by atoms with E-state index in [-0.39, 0.29) is 18.0 Å². The van der Waals surface area contributed by atoms with E-state index in [1.165, 1.54) is 4.68 Å². The zero-order valence-electron chi connectivity index (χ0n) is 12.3. The number of aromatic nitrogens is 3. The van der Waals surface area contributed by atoms with Crippen molar-refractivity contribution in [2.75, 3.05) is 13.1 Å². The first-order valence-electron chi connectivity index (χ1n) is 7.17. The van der Waals surface area contributed by atoms with Crippen LogP contribution in [0.1, 0.15) is 43.1 Å². The van der Waals surface area contributed by atoms with E-state index < -0.39 is 5.97 Å². The number of nitrogens with zero attached hydrogens (tertiary/aromatic N) is 3. The van der Waals surface area contributed by atoms with Crippen LogP contribution in [0.25, 0.3) is 0 Å². The van der Waals surface area contributed by atoms with Gasteiger partial charge in [-0.15, -0.1) is 5.10 Å². The number of rotatable bonds is 10. The number of carboxylic acids is 1. The van der Waals surface area contributed by atoms with Gasteiger partial charge in [-0.3, -0.25) is 14.3 Å². The van der Waals surface area contributed by atoms with Crippen molar-refractivity contribution in [1.29, 1.82) is 0 Å². The van der Waals surface area contributed by atoms with Gasteiger partial charge in [0.15, 0.2) is 5.69 Å². The van der Waals surface area contributed by atoms with Gasteiger partial charge in [-0.1, -0.05) is 18.6 Å². The first-order chi connectivity index (χ1) is 10.1. The van der Waals surface area contributed by atoms with E-state index in [2.05, 4.69) is 15.6 Å². The van der Waals surface area contributed by atoms with Crippen molar-refractivity contribution in [2.45, 2.75) is 39.2 Å². The van der Waals surface area contributed by atoms with Gasteiger partial charge in [0, 0.05) is 19.5 Å². The lowest BCUT2D eigenvalue weighted by atomic mass is 9.97. The Morgan fingerprint density at radius 1 is 1.48 bits per heavy atom. The summed E-state index contributed by atoms with van der Waals surface area (Å²) in [5.41, 5.74) is 5.66. The van der Waals surface area contributed by atoms with Crippen LogP contribution in [-0.2, 0) is 11.3 Å². The molecule has 0 bridgehead atoms. The molecule has 118 valence electrons. The number of hydrogen-bond donors (Lipinski definition) is 3. The second-order valence-corrected chi connectivity index (χ2v) is 4.91. The third-order valence-corrected chi connectivity index (χ3v) is 3.31. The van der Waals surface area contributed by atoms with Crippen LogP contribution in [0.5, 0.6) is 0 Å². The number of amides is 1. The molecule has 0 fully saturated rings. The van der Waals surface area contributed by atoms with Gasteiger partial charge in [-0.2, -0.15) is 0 Å². The summed E-state index contributed by atoms with van der Waals surface area (Å²) >= 11 is 0. The quantitative estimate of drug-likeness (QED) is 0.568. The van der Waals surface area contributed by atoms with Crippen LogP contribution < -0.4 is 11.1 Å². The molecular formula is C13H23N5O3. The van der Waals surface area contributed by atoms with Crippen LogP contribution >= 0.6 is 0 Å². The standard InChI is InChI=1S/C13H23N5O3/c1-2-10(3-4-12(19)20)5-7-15-13(21)11-9-18(8-6-14)17-16-11/h9-10H,2-8,14H2,1H3,(H,15,21)(H,19,20).